The standard InChI is InChI=1S/C19H15ClN2O4/c1-25-15-9-5-12(6-10-15)17-16(19(24)26-2)11-22(21-17)18(23)13-3-7-14(20)8-4-13/h3-11H,1-2H3. The van der Waals surface area contributed by atoms with Crippen LogP contribution in [0.1, 0.15) is 20.7 Å². The van der Waals surface area contributed by atoms with Crippen molar-refractivity contribution in [1.82, 2.24) is 9.78 Å². The zero-order chi connectivity index (χ0) is 18.7. The van der Waals surface area contributed by atoms with Crippen molar-refractivity contribution < 1.29 is 19.1 Å². The number of esters is 1. The van der Waals surface area contributed by atoms with Crippen LogP contribution >= 0.6 is 11.6 Å². The van der Waals surface area contributed by atoms with E-state index in [2.05, 4.69) is 5.10 Å². The molecule has 0 spiro atoms. The van der Waals surface area contributed by atoms with Crippen molar-refractivity contribution >= 4 is 23.5 Å². The van der Waals surface area contributed by atoms with Gasteiger partial charge in [0.25, 0.3) is 5.91 Å². The van der Waals surface area contributed by atoms with E-state index in [0.29, 0.717) is 27.6 Å². The fourth-order valence-corrected chi connectivity index (χ4v) is 2.55. The summed E-state index contributed by atoms with van der Waals surface area (Å²) < 4.78 is 11.1. The summed E-state index contributed by atoms with van der Waals surface area (Å²) in [5.41, 5.74) is 1.60. The van der Waals surface area contributed by atoms with Gasteiger partial charge in [-0.2, -0.15) is 5.10 Å². The van der Waals surface area contributed by atoms with Crippen molar-refractivity contribution in [3.63, 3.8) is 0 Å². The summed E-state index contributed by atoms with van der Waals surface area (Å²) in [6, 6.07) is 13.4. The van der Waals surface area contributed by atoms with E-state index in [0.717, 1.165) is 4.68 Å². The molecule has 2 aromatic carbocycles. The SMILES string of the molecule is COC(=O)c1cn(C(=O)c2ccc(Cl)cc2)nc1-c1ccc(OC)cc1. The Bertz CT molecular complexity index is 947. The van der Waals surface area contributed by atoms with Crippen LogP contribution in [-0.2, 0) is 4.74 Å². The van der Waals surface area contributed by atoms with Gasteiger partial charge in [-0.1, -0.05) is 11.6 Å². The van der Waals surface area contributed by atoms with Crippen LogP contribution in [0.3, 0.4) is 0 Å². The number of halogens is 1. The summed E-state index contributed by atoms with van der Waals surface area (Å²) in [4.78, 5) is 24.8. The van der Waals surface area contributed by atoms with Gasteiger partial charge in [-0.25, -0.2) is 9.48 Å². The Hall–Kier alpha value is -3.12. The topological polar surface area (TPSA) is 70.4 Å². The Balaban J connectivity index is 2.05. The quantitative estimate of drug-likeness (QED) is 0.655. The molecule has 0 radical (unpaired) electrons. The van der Waals surface area contributed by atoms with Crippen LogP contribution in [0, 0.1) is 0 Å². The lowest BCUT2D eigenvalue weighted by Gasteiger charge is -2.03. The lowest BCUT2D eigenvalue weighted by Crippen LogP contribution is -2.12. The van der Waals surface area contributed by atoms with Gasteiger partial charge in [0, 0.05) is 22.3 Å². The molecule has 0 fully saturated rings. The molecule has 0 saturated heterocycles. The van der Waals surface area contributed by atoms with Gasteiger partial charge in [-0.15, -0.1) is 0 Å². The van der Waals surface area contributed by atoms with E-state index in [1.807, 2.05) is 0 Å². The Kier molecular flexibility index (Phi) is 5.04. The van der Waals surface area contributed by atoms with Crippen LogP contribution in [-0.4, -0.2) is 35.9 Å². The zero-order valence-corrected chi connectivity index (χ0v) is 14.9. The molecule has 0 aliphatic heterocycles. The third-order valence-corrected chi connectivity index (χ3v) is 4.03. The number of hydrogen-bond donors (Lipinski definition) is 0. The average Bonchev–Trinajstić information content (AvgIpc) is 3.13. The second kappa shape index (κ2) is 7.41. The van der Waals surface area contributed by atoms with Crippen molar-refractivity contribution in [3.8, 4) is 17.0 Å². The smallest absolute Gasteiger partial charge is 0.341 e. The number of benzene rings is 2. The maximum atomic E-state index is 12.7. The third-order valence-electron chi connectivity index (χ3n) is 3.78. The summed E-state index contributed by atoms with van der Waals surface area (Å²) in [6.07, 6.45) is 1.36. The minimum atomic E-state index is -0.578. The normalized spacial score (nSPS) is 10.4. The highest BCUT2D eigenvalue weighted by Crippen LogP contribution is 2.25. The molecule has 0 aliphatic rings. The Labute approximate surface area is 154 Å². The molecule has 0 bridgehead atoms. The predicted molar refractivity (Wildman–Crippen MR) is 96.7 cm³/mol. The lowest BCUT2D eigenvalue weighted by molar-refractivity contribution is 0.0601. The highest BCUT2D eigenvalue weighted by molar-refractivity contribution is 6.30. The second-order valence-corrected chi connectivity index (χ2v) is 5.80. The molecule has 132 valence electrons. The number of nitrogens with zero attached hydrogens (tertiary/aromatic N) is 2. The number of rotatable bonds is 4. The van der Waals surface area contributed by atoms with Gasteiger partial charge < -0.3 is 9.47 Å². The highest BCUT2D eigenvalue weighted by atomic mass is 35.5. The number of carbonyl (C=O) groups excluding carboxylic acids is 2. The molecule has 3 rings (SSSR count). The van der Waals surface area contributed by atoms with E-state index in [1.165, 1.54) is 13.3 Å². The Morgan fingerprint density at radius 2 is 1.65 bits per heavy atom. The van der Waals surface area contributed by atoms with Gasteiger partial charge in [0.15, 0.2) is 0 Å². The summed E-state index contributed by atoms with van der Waals surface area (Å²) in [5, 5.41) is 4.82. The fourth-order valence-electron chi connectivity index (χ4n) is 2.42. The Morgan fingerprint density at radius 1 is 1.00 bits per heavy atom. The van der Waals surface area contributed by atoms with E-state index in [9.17, 15) is 9.59 Å². The molecule has 26 heavy (non-hydrogen) atoms. The van der Waals surface area contributed by atoms with Crippen molar-refractivity contribution in [2.75, 3.05) is 14.2 Å². The first-order valence-corrected chi connectivity index (χ1v) is 8.04. The van der Waals surface area contributed by atoms with Crippen molar-refractivity contribution in [2.45, 2.75) is 0 Å². The number of methoxy groups -OCH3 is 2. The molecular formula is C19H15ClN2O4. The molecule has 6 nitrogen and oxygen atoms in total. The van der Waals surface area contributed by atoms with Crippen LogP contribution < -0.4 is 4.74 Å². The average molecular weight is 371 g/mol. The van der Waals surface area contributed by atoms with Crippen LogP contribution in [0.5, 0.6) is 5.75 Å². The van der Waals surface area contributed by atoms with Gasteiger partial charge in [0.1, 0.15) is 17.0 Å². The highest BCUT2D eigenvalue weighted by Gasteiger charge is 2.21. The van der Waals surface area contributed by atoms with Crippen LogP contribution in [0.4, 0.5) is 0 Å². The minimum absolute atomic E-state index is 0.194. The molecular weight excluding hydrogens is 356 g/mol. The van der Waals surface area contributed by atoms with E-state index < -0.39 is 5.97 Å². The molecule has 0 atom stereocenters. The summed E-state index contributed by atoms with van der Waals surface area (Å²) >= 11 is 5.85. The largest absolute Gasteiger partial charge is 0.497 e. The molecule has 0 saturated carbocycles. The van der Waals surface area contributed by atoms with Crippen molar-refractivity contribution in [3.05, 3.63) is 70.9 Å². The summed E-state index contributed by atoms with van der Waals surface area (Å²) in [7, 11) is 2.84. The summed E-state index contributed by atoms with van der Waals surface area (Å²) in [5.74, 6) is -0.289. The first-order chi connectivity index (χ1) is 12.5. The van der Waals surface area contributed by atoms with Gasteiger partial charge in [-0.05, 0) is 48.5 Å². The fraction of sp³-hybridized carbons (Fsp3) is 0.105. The number of carbonyl (C=O) groups is 2. The summed E-state index contributed by atoms with van der Waals surface area (Å²) in [6.45, 7) is 0. The van der Waals surface area contributed by atoms with Gasteiger partial charge in [-0.3, -0.25) is 4.79 Å². The maximum absolute atomic E-state index is 12.7. The third kappa shape index (κ3) is 3.45. The molecule has 0 amide bonds. The van der Waals surface area contributed by atoms with E-state index in [4.69, 9.17) is 21.1 Å². The first kappa shape index (κ1) is 17.7. The van der Waals surface area contributed by atoms with E-state index >= 15 is 0 Å². The first-order valence-electron chi connectivity index (χ1n) is 7.66. The number of hydrogen-bond acceptors (Lipinski definition) is 5. The number of aromatic nitrogens is 2. The molecule has 1 aromatic heterocycles. The molecule has 0 N–H and O–H groups in total. The Morgan fingerprint density at radius 3 is 2.23 bits per heavy atom. The van der Waals surface area contributed by atoms with Crippen molar-refractivity contribution in [1.29, 1.82) is 0 Å². The second-order valence-electron chi connectivity index (χ2n) is 5.37. The lowest BCUT2D eigenvalue weighted by atomic mass is 10.1. The number of ether oxygens (including phenoxy) is 2. The van der Waals surface area contributed by atoms with E-state index in [1.54, 1.807) is 55.6 Å². The molecule has 0 unspecified atom stereocenters. The molecule has 7 heteroatoms. The molecule has 3 aromatic rings. The predicted octanol–water partition coefficient (Wildman–Crippen LogP) is 3.69. The van der Waals surface area contributed by atoms with Crippen LogP contribution in [0.2, 0.25) is 5.02 Å². The minimum Gasteiger partial charge on any atom is -0.497 e. The van der Waals surface area contributed by atoms with Gasteiger partial charge in [0.2, 0.25) is 0 Å². The molecule has 0 aliphatic carbocycles. The molecule has 1 heterocycles. The van der Waals surface area contributed by atoms with Crippen LogP contribution in [0.25, 0.3) is 11.3 Å². The van der Waals surface area contributed by atoms with Crippen molar-refractivity contribution in [2.24, 2.45) is 0 Å². The van der Waals surface area contributed by atoms with Gasteiger partial charge >= 0.3 is 5.97 Å². The maximum Gasteiger partial charge on any atom is 0.341 e. The van der Waals surface area contributed by atoms with Gasteiger partial charge in [0.05, 0.1) is 14.2 Å². The van der Waals surface area contributed by atoms with E-state index in [-0.39, 0.29) is 11.5 Å². The zero-order valence-electron chi connectivity index (χ0n) is 14.1. The monoisotopic (exact) mass is 370 g/mol. The van der Waals surface area contributed by atoms with Crippen LogP contribution in [0.15, 0.2) is 54.7 Å².